The highest BCUT2D eigenvalue weighted by atomic mass is 35.5. The Kier molecular flexibility index (Phi) is 4.18. The van der Waals surface area contributed by atoms with Gasteiger partial charge in [0.05, 0.1) is 0 Å². The predicted molar refractivity (Wildman–Crippen MR) is 86.8 cm³/mol. The van der Waals surface area contributed by atoms with Crippen LogP contribution in [0.25, 0.3) is 0 Å². The number of fused-ring (bicyclic) bond motifs is 1. The Hall–Kier alpha value is -1.18. The maximum absolute atomic E-state index is 6.28. The van der Waals surface area contributed by atoms with Gasteiger partial charge in [0.1, 0.15) is 0 Å². The van der Waals surface area contributed by atoms with Crippen molar-refractivity contribution in [2.45, 2.75) is 25.3 Å². The van der Waals surface area contributed by atoms with E-state index >= 15 is 0 Å². The minimum absolute atomic E-state index is 0.460. The average molecular weight is 306 g/mol. The van der Waals surface area contributed by atoms with E-state index in [1.54, 1.807) is 0 Å². The Morgan fingerprint density at radius 3 is 2.60 bits per heavy atom. The molecule has 20 heavy (non-hydrogen) atoms. The molecule has 0 fully saturated rings. The summed E-state index contributed by atoms with van der Waals surface area (Å²) in [5, 5.41) is 0.759. The quantitative estimate of drug-likeness (QED) is 0.703. The van der Waals surface area contributed by atoms with Gasteiger partial charge in [-0.15, -0.1) is 11.6 Å². The molecule has 1 nitrogen and oxygen atoms in total. The summed E-state index contributed by atoms with van der Waals surface area (Å²) >= 11 is 12.1. The maximum atomic E-state index is 6.28. The van der Waals surface area contributed by atoms with Gasteiger partial charge in [-0.3, -0.25) is 0 Å². The van der Waals surface area contributed by atoms with E-state index in [1.165, 1.54) is 23.2 Å². The fourth-order valence-corrected chi connectivity index (χ4v) is 3.31. The molecule has 3 heteroatoms. The summed E-state index contributed by atoms with van der Waals surface area (Å²) in [6.07, 6.45) is 2.33. The smallest absolute Gasteiger partial charge is 0.0488 e. The normalized spacial score (nSPS) is 14.8. The van der Waals surface area contributed by atoms with Crippen LogP contribution < -0.4 is 4.90 Å². The van der Waals surface area contributed by atoms with E-state index in [0.29, 0.717) is 5.88 Å². The zero-order valence-electron chi connectivity index (χ0n) is 11.3. The molecule has 2 aromatic rings. The van der Waals surface area contributed by atoms with Gasteiger partial charge in [-0.05, 0) is 41.7 Å². The first-order valence-corrected chi connectivity index (χ1v) is 7.85. The summed E-state index contributed by atoms with van der Waals surface area (Å²) in [6, 6.07) is 14.9. The molecule has 0 saturated heterocycles. The van der Waals surface area contributed by atoms with Gasteiger partial charge in [-0.2, -0.15) is 0 Å². The van der Waals surface area contributed by atoms with Crippen molar-refractivity contribution in [2.75, 3.05) is 11.4 Å². The van der Waals surface area contributed by atoms with Crippen LogP contribution in [0.4, 0.5) is 5.69 Å². The highest BCUT2D eigenvalue weighted by Gasteiger charge is 2.15. The first-order chi connectivity index (χ1) is 9.78. The van der Waals surface area contributed by atoms with E-state index in [0.717, 1.165) is 30.1 Å². The lowest BCUT2D eigenvalue weighted by Gasteiger charge is -2.24. The lowest BCUT2D eigenvalue weighted by atomic mass is 10.0. The molecule has 0 N–H and O–H groups in total. The highest BCUT2D eigenvalue weighted by molar-refractivity contribution is 6.32. The van der Waals surface area contributed by atoms with Gasteiger partial charge < -0.3 is 4.90 Å². The minimum Gasteiger partial charge on any atom is -0.367 e. The predicted octanol–water partition coefficient (Wildman–Crippen LogP) is 5.03. The van der Waals surface area contributed by atoms with Crippen LogP contribution in [0.2, 0.25) is 5.02 Å². The summed E-state index contributed by atoms with van der Waals surface area (Å²) in [6.45, 7) is 2.01. The van der Waals surface area contributed by atoms with Crippen LogP contribution in [0.15, 0.2) is 42.5 Å². The van der Waals surface area contributed by atoms with Gasteiger partial charge in [0, 0.05) is 29.7 Å². The summed E-state index contributed by atoms with van der Waals surface area (Å²) in [5.41, 5.74) is 5.06. The molecule has 0 aliphatic carbocycles. The van der Waals surface area contributed by atoms with Crippen LogP contribution in [-0.2, 0) is 18.8 Å². The first-order valence-electron chi connectivity index (χ1n) is 6.94. The third kappa shape index (κ3) is 2.79. The van der Waals surface area contributed by atoms with E-state index in [-0.39, 0.29) is 0 Å². The van der Waals surface area contributed by atoms with Crippen LogP contribution in [-0.4, -0.2) is 6.54 Å². The van der Waals surface area contributed by atoms with E-state index in [4.69, 9.17) is 23.2 Å². The van der Waals surface area contributed by atoms with Gasteiger partial charge in [-0.1, -0.05) is 41.9 Å². The van der Waals surface area contributed by atoms with Gasteiger partial charge in [0.15, 0.2) is 0 Å². The van der Waals surface area contributed by atoms with Crippen LogP contribution in [0, 0.1) is 0 Å². The Morgan fingerprint density at radius 1 is 1.05 bits per heavy atom. The summed E-state index contributed by atoms with van der Waals surface area (Å²) in [5.74, 6) is 0.460. The fourth-order valence-electron chi connectivity index (χ4n) is 2.76. The minimum atomic E-state index is 0.460. The monoisotopic (exact) mass is 305 g/mol. The molecular formula is C17H17Cl2N. The van der Waals surface area contributed by atoms with E-state index < -0.39 is 0 Å². The zero-order valence-corrected chi connectivity index (χ0v) is 12.8. The topological polar surface area (TPSA) is 3.24 Å². The highest BCUT2D eigenvalue weighted by Crippen LogP contribution is 2.28. The Bertz CT molecular complexity index is 610. The molecule has 3 rings (SSSR count). The van der Waals surface area contributed by atoms with Gasteiger partial charge >= 0.3 is 0 Å². The molecule has 0 bridgehead atoms. The van der Waals surface area contributed by atoms with E-state index in [9.17, 15) is 0 Å². The molecule has 104 valence electrons. The van der Waals surface area contributed by atoms with Crippen molar-refractivity contribution in [1.82, 2.24) is 0 Å². The van der Waals surface area contributed by atoms with Gasteiger partial charge in [-0.25, -0.2) is 0 Å². The molecule has 0 radical (unpaired) electrons. The number of hydrogen-bond acceptors (Lipinski definition) is 1. The fraction of sp³-hybridized carbons (Fsp3) is 0.294. The van der Waals surface area contributed by atoms with Crippen molar-refractivity contribution in [3.63, 3.8) is 0 Å². The Labute approximate surface area is 130 Å². The van der Waals surface area contributed by atoms with Crippen molar-refractivity contribution >= 4 is 28.9 Å². The molecule has 0 aromatic heterocycles. The van der Waals surface area contributed by atoms with Crippen molar-refractivity contribution < 1.29 is 0 Å². The molecule has 0 amide bonds. The Balaban J connectivity index is 1.89. The molecule has 0 spiro atoms. The second-order valence-corrected chi connectivity index (χ2v) is 5.88. The summed E-state index contributed by atoms with van der Waals surface area (Å²) in [7, 11) is 0. The van der Waals surface area contributed by atoms with Crippen molar-refractivity contribution in [2.24, 2.45) is 0 Å². The van der Waals surface area contributed by atoms with Crippen LogP contribution in [0.5, 0.6) is 0 Å². The number of aryl methyl sites for hydroxylation is 1. The number of alkyl halides is 1. The zero-order chi connectivity index (χ0) is 13.9. The molecule has 2 aromatic carbocycles. The molecule has 0 atom stereocenters. The molecular weight excluding hydrogens is 289 g/mol. The van der Waals surface area contributed by atoms with Crippen LogP contribution in [0.3, 0.4) is 0 Å². The van der Waals surface area contributed by atoms with Crippen LogP contribution in [0.1, 0.15) is 23.1 Å². The van der Waals surface area contributed by atoms with E-state index in [1.807, 2.05) is 12.1 Å². The number of anilines is 1. The molecule has 1 aliphatic rings. The second-order valence-electron chi connectivity index (χ2n) is 5.20. The standard InChI is InChI=1S/C17H17Cl2N/c18-11-14-7-8-16(10-17(14)19)20-9-3-6-13-4-1-2-5-15(13)12-20/h1-2,4-5,7-8,10H,3,6,9,11-12H2. The number of rotatable bonds is 2. The summed E-state index contributed by atoms with van der Waals surface area (Å²) in [4.78, 5) is 2.40. The number of benzene rings is 2. The van der Waals surface area contributed by atoms with Crippen molar-refractivity contribution in [1.29, 1.82) is 0 Å². The number of halogens is 2. The average Bonchev–Trinajstić information content (AvgIpc) is 2.69. The lowest BCUT2D eigenvalue weighted by Crippen LogP contribution is -2.22. The van der Waals surface area contributed by atoms with Gasteiger partial charge in [0.2, 0.25) is 0 Å². The SMILES string of the molecule is ClCc1ccc(N2CCCc3ccccc3C2)cc1Cl. The summed E-state index contributed by atoms with van der Waals surface area (Å²) < 4.78 is 0. The molecule has 0 saturated carbocycles. The molecule has 1 aliphatic heterocycles. The first kappa shape index (κ1) is 13.8. The van der Waals surface area contributed by atoms with Crippen LogP contribution >= 0.6 is 23.2 Å². The van der Waals surface area contributed by atoms with Gasteiger partial charge in [0.25, 0.3) is 0 Å². The maximum Gasteiger partial charge on any atom is 0.0488 e. The number of nitrogens with zero attached hydrogens (tertiary/aromatic N) is 1. The number of hydrogen-bond donors (Lipinski definition) is 0. The van der Waals surface area contributed by atoms with Crippen molar-refractivity contribution in [3.8, 4) is 0 Å². The lowest BCUT2D eigenvalue weighted by molar-refractivity contribution is 0.766. The third-order valence-corrected chi connectivity index (χ3v) is 4.54. The molecule has 1 heterocycles. The largest absolute Gasteiger partial charge is 0.367 e. The van der Waals surface area contributed by atoms with E-state index in [2.05, 4.69) is 35.2 Å². The third-order valence-electron chi connectivity index (χ3n) is 3.90. The molecule has 0 unspecified atom stereocenters. The Morgan fingerprint density at radius 2 is 1.85 bits per heavy atom. The van der Waals surface area contributed by atoms with Crippen molar-refractivity contribution in [3.05, 3.63) is 64.2 Å². The second kappa shape index (κ2) is 6.07.